The number of rotatable bonds is 5. The number of ether oxygens (including phenoxy) is 1. The third kappa shape index (κ3) is 4.77. The molecule has 1 unspecified atom stereocenters. The van der Waals surface area contributed by atoms with Crippen LogP contribution < -0.4 is 11.1 Å². The summed E-state index contributed by atoms with van der Waals surface area (Å²) in [6, 6.07) is 7.26. The Hall–Kier alpha value is -1.50. The maximum Gasteiger partial charge on any atom is 0.238 e. The van der Waals surface area contributed by atoms with E-state index < -0.39 is 0 Å². The Morgan fingerprint density at radius 1 is 1.57 bits per heavy atom. The molecule has 0 saturated carbocycles. The Bertz CT molecular complexity index is 521. The summed E-state index contributed by atoms with van der Waals surface area (Å²) in [5, 5.41) is 2.88. The zero-order valence-electron chi connectivity index (χ0n) is 12.2. The van der Waals surface area contributed by atoms with Gasteiger partial charge in [0.05, 0.1) is 19.3 Å². The lowest BCUT2D eigenvalue weighted by atomic mass is 10.2. The van der Waals surface area contributed by atoms with E-state index in [0.717, 1.165) is 25.1 Å². The molecule has 1 aliphatic heterocycles. The molecule has 0 aromatic heterocycles. The highest BCUT2D eigenvalue weighted by molar-refractivity contribution is 7.80. The van der Waals surface area contributed by atoms with E-state index in [9.17, 15) is 4.79 Å². The molecule has 1 atom stereocenters. The van der Waals surface area contributed by atoms with Crippen LogP contribution >= 0.6 is 12.2 Å². The topological polar surface area (TPSA) is 67.6 Å². The minimum absolute atomic E-state index is 0.0353. The molecular formula is C15H21N3O2S. The molecule has 0 aliphatic carbocycles. The fourth-order valence-corrected chi connectivity index (χ4v) is 2.45. The van der Waals surface area contributed by atoms with Crippen molar-refractivity contribution in [3.63, 3.8) is 0 Å². The summed E-state index contributed by atoms with van der Waals surface area (Å²) in [4.78, 5) is 14.5. The lowest BCUT2D eigenvalue weighted by Crippen LogP contribution is -2.45. The van der Waals surface area contributed by atoms with Crippen molar-refractivity contribution in [3.05, 3.63) is 29.8 Å². The number of benzene rings is 1. The van der Waals surface area contributed by atoms with Crippen LogP contribution in [-0.4, -0.2) is 48.1 Å². The van der Waals surface area contributed by atoms with Crippen LogP contribution in [0.25, 0.3) is 0 Å². The summed E-state index contributed by atoms with van der Waals surface area (Å²) in [6.07, 6.45) is 1.19. The molecule has 1 saturated heterocycles. The van der Waals surface area contributed by atoms with Gasteiger partial charge in [-0.25, -0.2) is 0 Å². The van der Waals surface area contributed by atoms with Gasteiger partial charge in [-0.15, -0.1) is 0 Å². The van der Waals surface area contributed by atoms with Gasteiger partial charge in [-0.3, -0.25) is 9.69 Å². The quantitative estimate of drug-likeness (QED) is 0.804. The van der Waals surface area contributed by atoms with E-state index in [1.54, 1.807) is 6.07 Å². The summed E-state index contributed by atoms with van der Waals surface area (Å²) in [6.45, 7) is 4.74. The van der Waals surface area contributed by atoms with Crippen LogP contribution in [0, 0.1) is 0 Å². The molecule has 2 rings (SSSR count). The predicted molar refractivity (Wildman–Crippen MR) is 87.4 cm³/mol. The maximum atomic E-state index is 12.1. The van der Waals surface area contributed by atoms with E-state index in [-0.39, 0.29) is 12.0 Å². The van der Waals surface area contributed by atoms with Gasteiger partial charge in [0.15, 0.2) is 0 Å². The van der Waals surface area contributed by atoms with Crippen molar-refractivity contribution in [1.82, 2.24) is 4.90 Å². The molecule has 1 fully saturated rings. The first-order valence-electron chi connectivity index (χ1n) is 7.12. The van der Waals surface area contributed by atoms with Crippen molar-refractivity contribution in [2.75, 3.05) is 31.6 Å². The van der Waals surface area contributed by atoms with Gasteiger partial charge < -0.3 is 15.8 Å². The number of hydrogen-bond acceptors (Lipinski definition) is 4. The number of nitrogens with zero attached hydrogens (tertiary/aromatic N) is 1. The fourth-order valence-electron chi connectivity index (χ4n) is 2.32. The summed E-state index contributed by atoms with van der Waals surface area (Å²) in [5.41, 5.74) is 7.05. The van der Waals surface area contributed by atoms with Crippen molar-refractivity contribution in [3.8, 4) is 0 Å². The molecule has 0 spiro atoms. The van der Waals surface area contributed by atoms with Crippen molar-refractivity contribution in [2.24, 2.45) is 5.73 Å². The molecule has 21 heavy (non-hydrogen) atoms. The van der Waals surface area contributed by atoms with Gasteiger partial charge in [0.1, 0.15) is 4.99 Å². The van der Waals surface area contributed by atoms with Crippen molar-refractivity contribution in [1.29, 1.82) is 0 Å². The van der Waals surface area contributed by atoms with E-state index in [1.165, 1.54) is 0 Å². The van der Waals surface area contributed by atoms with E-state index in [2.05, 4.69) is 17.1 Å². The Morgan fingerprint density at radius 3 is 3.10 bits per heavy atom. The summed E-state index contributed by atoms with van der Waals surface area (Å²) < 4.78 is 5.60. The summed E-state index contributed by atoms with van der Waals surface area (Å²) in [5.74, 6) is -0.0353. The molecule has 6 heteroatoms. The Balaban J connectivity index is 1.89. The highest BCUT2D eigenvalue weighted by Gasteiger charge is 2.20. The molecule has 1 heterocycles. The van der Waals surface area contributed by atoms with Gasteiger partial charge in [-0.1, -0.05) is 31.3 Å². The SMILES string of the molecule is CCC1CN(CC(=O)Nc2cccc(C(N)=S)c2)CCO1. The van der Waals surface area contributed by atoms with Crippen LogP contribution in [-0.2, 0) is 9.53 Å². The Morgan fingerprint density at radius 2 is 2.38 bits per heavy atom. The smallest absolute Gasteiger partial charge is 0.238 e. The molecule has 5 nitrogen and oxygen atoms in total. The van der Waals surface area contributed by atoms with Crippen LogP contribution in [0.3, 0.4) is 0 Å². The zero-order valence-corrected chi connectivity index (χ0v) is 13.0. The fraction of sp³-hybridized carbons (Fsp3) is 0.467. The molecule has 1 aromatic rings. The molecule has 3 N–H and O–H groups in total. The number of carbonyl (C=O) groups excluding carboxylic acids is 1. The second-order valence-electron chi connectivity index (χ2n) is 5.13. The predicted octanol–water partition coefficient (Wildman–Crippen LogP) is 1.37. The lowest BCUT2D eigenvalue weighted by Gasteiger charge is -2.31. The lowest BCUT2D eigenvalue weighted by molar-refractivity contribution is -0.119. The van der Waals surface area contributed by atoms with Crippen molar-refractivity contribution >= 4 is 28.8 Å². The van der Waals surface area contributed by atoms with E-state index in [4.69, 9.17) is 22.7 Å². The molecular weight excluding hydrogens is 286 g/mol. The number of morpholine rings is 1. The Labute approximate surface area is 130 Å². The third-order valence-corrected chi connectivity index (χ3v) is 3.71. The number of thiocarbonyl (C=S) groups is 1. The summed E-state index contributed by atoms with van der Waals surface area (Å²) >= 11 is 4.94. The van der Waals surface area contributed by atoms with Crippen LogP contribution in [0.1, 0.15) is 18.9 Å². The monoisotopic (exact) mass is 307 g/mol. The number of nitrogens with one attached hydrogen (secondary N) is 1. The van der Waals surface area contributed by atoms with Gasteiger partial charge in [0.25, 0.3) is 0 Å². The van der Waals surface area contributed by atoms with Crippen LogP contribution in [0.15, 0.2) is 24.3 Å². The minimum Gasteiger partial charge on any atom is -0.389 e. The first-order valence-corrected chi connectivity index (χ1v) is 7.53. The highest BCUT2D eigenvalue weighted by Crippen LogP contribution is 2.12. The second kappa shape index (κ2) is 7.49. The molecule has 1 aliphatic rings. The minimum atomic E-state index is -0.0353. The summed E-state index contributed by atoms with van der Waals surface area (Å²) in [7, 11) is 0. The van der Waals surface area contributed by atoms with Gasteiger partial charge >= 0.3 is 0 Å². The molecule has 0 bridgehead atoms. The highest BCUT2D eigenvalue weighted by atomic mass is 32.1. The molecule has 114 valence electrons. The first kappa shape index (κ1) is 15.9. The number of nitrogens with two attached hydrogens (primary N) is 1. The van der Waals surface area contributed by atoms with E-state index >= 15 is 0 Å². The van der Waals surface area contributed by atoms with Gasteiger partial charge in [-0.2, -0.15) is 0 Å². The van der Waals surface area contributed by atoms with Crippen LogP contribution in [0.2, 0.25) is 0 Å². The normalized spacial score (nSPS) is 19.2. The van der Waals surface area contributed by atoms with Gasteiger partial charge in [0.2, 0.25) is 5.91 Å². The zero-order chi connectivity index (χ0) is 15.2. The van der Waals surface area contributed by atoms with Crippen LogP contribution in [0.5, 0.6) is 0 Å². The first-order chi connectivity index (χ1) is 10.1. The molecule has 1 aromatic carbocycles. The largest absolute Gasteiger partial charge is 0.389 e. The number of amides is 1. The number of carbonyl (C=O) groups is 1. The average Bonchev–Trinajstić information content (AvgIpc) is 2.47. The van der Waals surface area contributed by atoms with E-state index in [1.807, 2.05) is 18.2 Å². The van der Waals surface area contributed by atoms with Gasteiger partial charge in [-0.05, 0) is 18.6 Å². The maximum absolute atomic E-state index is 12.1. The third-order valence-electron chi connectivity index (χ3n) is 3.48. The van der Waals surface area contributed by atoms with Crippen molar-refractivity contribution < 1.29 is 9.53 Å². The number of anilines is 1. The van der Waals surface area contributed by atoms with Crippen LogP contribution in [0.4, 0.5) is 5.69 Å². The standard InChI is InChI=1S/C15H21N3O2S/c1-2-13-9-18(6-7-20-13)10-14(19)17-12-5-3-4-11(8-12)15(16)21/h3-5,8,13H,2,6-7,9-10H2,1H3,(H2,16,21)(H,17,19). The number of hydrogen-bond donors (Lipinski definition) is 2. The van der Waals surface area contributed by atoms with Crippen molar-refractivity contribution in [2.45, 2.75) is 19.4 Å². The van der Waals surface area contributed by atoms with Gasteiger partial charge in [0, 0.05) is 24.3 Å². The average molecular weight is 307 g/mol. The molecule has 0 radical (unpaired) electrons. The second-order valence-corrected chi connectivity index (χ2v) is 5.57. The molecule has 1 amide bonds. The Kier molecular flexibility index (Phi) is 5.67. The van der Waals surface area contributed by atoms with E-state index in [0.29, 0.717) is 23.8 Å².